The third-order valence-electron chi connectivity index (χ3n) is 1.76. The standard InChI is InChI=1S/C9H15N3O5S/c10-6(13)3-5(9(16)17)12-8(15)1-2-18-4-7(11)14/h5H,1-4H2,(H2,10,13)(H2,11,14)(H,12,15)(H,16,17)/t5-/m1/s1. The summed E-state index contributed by atoms with van der Waals surface area (Å²) in [6.07, 6.45) is -0.435. The summed E-state index contributed by atoms with van der Waals surface area (Å²) >= 11 is 1.16. The number of thioether (sulfide) groups is 1. The molecule has 0 unspecified atom stereocenters. The Morgan fingerprint density at radius 2 is 1.78 bits per heavy atom. The van der Waals surface area contributed by atoms with Crippen molar-refractivity contribution in [3.63, 3.8) is 0 Å². The molecule has 0 aliphatic heterocycles. The van der Waals surface area contributed by atoms with Crippen LogP contribution in [0.25, 0.3) is 0 Å². The summed E-state index contributed by atoms with van der Waals surface area (Å²) in [6.45, 7) is 0. The summed E-state index contributed by atoms with van der Waals surface area (Å²) in [5.41, 5.74) is 9.75. The molecule has 3 amide bonds. The lowest BCUT2D eigenvalue weighted by atomic mass is 10.2. The molecule has 0 bridgehead atoms. The van der Waals surface area contributed by atoms with E-state index in [4.69, 9.17) is 16.6 Å². The van der Waals surface area contributed by atoms with Gasteiger partial charge in [-0.15, -0.1) is 0 Å². The van der Waals surface area contributed by atoms with Gasteiger partial charge in [-0.25, -0.2) is 4.79 Å². The van der Waals surface area contributed by atoms with Crippen molar-refractivity contribution in [1.29, 1.82) is 0 Å². The summed E-state index contributed by atoms with van der Waals surface area (Å²) in [5.74, 6) is -2.73. The third-order valence-corrected chi connectivity index (χ3v) is 2.74. The molecule has 0 radical (unpaired) electrons. The van der Waals surface area contributed by atoms with E-state index < -0.39 is 36.2 Å². The average molecular weight is 277 g/mol. The lowest BCUT2D eigenvalue weighted by Crippen LogP contribution is -2.43. The molecule has 6 N–H and O–H groups in total. The first-order valence-electron chi connectivity index (χ1n) is 4.99. The molecule has 0 aromatic carbocycles. The molecular formula is C9H15N3O5S. The van der Waals surface area contributed by atoms with Crippen LogP contribution in [0, 0.1) is 0 Å². The molecule has 0 aromatic rings. The molecule has 0 saturated carbocycles. The molecule has 0 rings (SSSR count). The van der Waals surface area contributed by atoms with Gasteiger partial charge in [-0.3, -0.25) is 14.4 Å². The maximum absolute atomic E-state index is 11.3. The summed E-state index contributed by atoms with van der Waals surface area (Å²) in [7, 11) is 0. The number of carbonyl (C=O) groups excluding carboxylic acids is 3. The second kappa shape index (κ2) is 8.34. The predicted octanol–water partition coefficient (Wildman–Crippen LogP) is -1.96. The molecule has 0 aliphatic rings. The number of rotatable bonds is 9. The van der Waals surface area contributed by atoms with Crippen molar-refractivity contribution < 1.29 is 24.3 Å². The fourth-order valence-corrected chi connectivity index (χ4v) is 1.68. The first kappa shape index (κ1) is 16.2. The molecule has 8 nitrogen and oxygen atoms in total. The van der Waals surface area contributed by atoms with Gasteiger partial charge < -0.3 is 21.9 Å². The zero-order valence-electron chi connectivity index (χ0n) is 9.55. The van der Waals surface area contributed by atoms with Crippen molar-refractivity contribution in [3.8, 4) is 0 Å². The summed E-state index contributed by atoms with van der Waals surface area (Å²) in [4.78, 5) is 43.0. The summed E-state index contributed by atoms with van der Waals surface area (Å²) in [6, 6.07) is -1.32. The van der Waals surface area contributed by atoms with E-state index in [2.05, 4.69) is 5.32 Å². The zero-order valence-corrected chi connectivity index (χ0v) is 10.4. The van der Waals surface area contributed by atoms with E-state index >= 15 is 0 Å². The second-order valence-electron chi connectivity index (χ2n) is 3.40. The number of carboxylic acid groups (broad SMARTS) is 1. The van der Waals surface area contributed by atoms with Gasteiger partial charge in [0.2, 0.25) is 17.7 Å². The van der Waals surface area contributed by atoms with Gasteiger partial charge in [0.1, 0.15) is 6.04 Å². The first-order chi connectivity index (χ1) is 8.32. The van der Waals surface area contributed by atoms with Gasteiger partial charge in [-0.2, -0.15) is 11.8 Å². The van der Waals surface area contributed by atoms with Crippen LogP contribution >= 0.6 is 11.8 Å². The Bertz CT molecular complexity index is 347. The number of nitrogens with one attached hydrogen (secondary N) is 1. The van der Waals surface area contributed by atoms with Crippen molar-refractivity contribution in [2.75, 3.05) is 11.5 Å². The predicted molar refractivity (Wildman–Crippen MR) is 64.5 cm³/mol. The largest absolute Gasteiger partial charge is 0.480 e. The highest BCUT2D eigenvalue weighted by Crippen LogP contribution is 2.02. The Balaban J connectivity index is 3.99. The van der Waals surface area contributed by atoms with E-state index in [1.54, 1.807) is 0 Å². The van der Waals surface area contributed by atoms with Gasteiger partial charge in [0.15, 0.2) is 0 Å². The number of hydrogen-bond donors (Lipinski definition) is 4. The minimum atomic E-state index is -1.33. The van der Waals surface area contributed by atoms with E-state index in [1.165, 1.54) is 0 Å². The van der Waals surface area contributed by atoms with Gasteiger partial charge >= 0.3 is 5.97 Å². The highest BCUT2D eigenvalue weighted by Gasteiger charge is 2.21. The van der Waals surface area contributed by atoms with Gasteiger partial charge in [0.25, 0.3) is 0 Å². The minimum Gasteiger partial charge on any atom is -0.480 e. The average Bonchev–Trinajstić information content (AvgIpc) is 2.22. The Morgan fingerprint density at radius 1 is 1.17 bits per heavy atom. The van der Waals surface area contributed by atoms with Gasteiger partial charge in [0, 0.05) is 12.2 Å². The summed E-state index contributed by atoms with van der Waals surface area (Å²) in [5, 5.41) is 10.9. The number of amides is 3. The van der Waals surface area contributed by atoms with Crippen LogP contribution in [0.1, 0.15) is 12.8 Å². The number of nitrogens with two attached hydrogens (primary N) is 2. The fraction of sp³-hybridized carbons (Fsp3) is 0.556. The quantitative estimate of drug-likeness (QED) is 0.359. The van der Waals surface area contributed by atoms with Crippen LogP contribution in [0.3, 0.4) is 0 Å². The molecule has 9 heteroatoms. The number of carboxylic acids is 1. The van der Waals surface area contributed by atoms with E-state index in [0.29, 0.717) is 5.75 Å². The molecule has 102 valence electrons. The van der Waals surface area contributed by atoms with Crippen LogP contribution in [-0.2, 0) is 19.2 Å². The van der Waals surface area contributed by atoms with Crippen LogP contribution in [-0.4, -0.2) is 46.3 Å². The van der Waals surface area contributed by atoms with Crippen LogP contribution in [0.15, 0.2) is 0 Å². The van der Waals surface area contributed by atoms with E-state index in [1.807, 2.05) is 0 Å². The maximum atomic E-state index is 11.3. The molecule has 0 spiro atoms. The molecule has 0 saturated heterocycles. The fourth-order valence-electron chi connectivity index (χ4n) is 1.01. The Hall–Kier alpha value is -1.77. The Morgan fingerprint density at radius 3 is 2.22 bits per heavy atom. The highest BCUT2D eigenvalue weighted by molar-refractivity contribution is 7.99. The molecule has 0 fully saturated rings. The molecule has 1 atom stereocenters. The van der Waals surface area contributed by atoms with Crippen molar-refractivity contribution in [2.45, 2.75) is 18.9 Å². The molecule has 0 aromatic heterocycles. The lowest BCUT2D eigenvalue weighted by molar-refractivity contribution is -0.143. The molecule has 18 heavy (non-hydrogen) atoms. The maximum Gasteiger partial charge on any atom is 0.326 e. The smallest absolute Gasteiger partial charge is 0.326 e. The van der Waals surface area contributed by atoms with Gasteiger partial charge in [-0.05, 0) is 0 Å². The molecule has 0 aliphatic carbocycles. The number of carbonyl (C=O) groups is 4. The van der Waals surface area contributed by atoms with Crippen molar-refractivity contribution in [1.82, 2.24) is 5.32 Å². The highest BCUT2D eigenvalue weighted by atomic mass is 32.2. The monoisotopic (exact) mass is 277 g/mol. The van der Waals surface area contributed by atoms with Crippen LogP contribution in [0.2, 0.25) is 0 Å². The van der Waals surface area contributed by atoms with Crippen molar-refractivity contribution in [3.05, 3.63) is 0 Å². The number of primary amides is 2. The first-order valence-corrected chi connectivity index (χ1v) is 6.15. The zero-order chi connectivity index (χ0) is 14.1. The Labute approximate surface area is 107 Å². The van der Waals surface area contributed by atoms with E-state index in [9.17, 15) is 19.2 Å². The Kier molecular flexibility index (Phi) is 7.52. The molecule has 0 heterocycles. The SMILES string of the molecule is NC(=O)CSCCC(=O)N[C@H](CC(N)=O)C(=O)O. The van der Waals surface area contributed by atoms with E-state index in [0.717, 1.165) is 11.8 Å². The van der Waals surface area contributed by atoms with Crippen LogP contribution in [0.4, 0.5) is 0 Å². The van der Waals surface area contributed by atoms with Crippen LogP contribution < -0.4 is 16.8 Å². The number of hydrogen-bond acceptors (Lipinski definition) is 5. The van der Waals surface area contributed by atoms with Gasteiger partial charge in [0.05, 0.1) is 12.2 Å². The van der Waals surface area contributed by atoms with Crippen molar-refractivity contribution >= 4 is 35.5 Å². The normalized spacial score (nSPS) is 11.6. The second-order valence-corrected chi connectivity index (χ2v) is 4.50. The summed E-state index contributed by atoms with van der Waals surface area (Å²) < 4.78 is 0. The molecular weight excluding hydrogens is 262 g/mol. The minimum absolute atomic E-state index is 0.0283. The van der Waals surface area contributed by atoms with E-state index in [-0.39, 0.29) is 12.2 Å². The van der Waals surface area contributed by atoms with Gasteiger partial charge in [-0.1, -0.05) is 0 Å². The topological polar surface area (TPSA) is 153 Å². The lowest BCUT2D eigenvalue weighted by Gasteiger charge is -2.12. The van der Waals surface area contributed by atoms with Crippen LogP contribution in [0.5, 0.6) is 0 Å². The van der Waals surface area contributed by atoms with Crippen molar-refractivity contribution in [2.24, 2.45) is 11.5 Å². The third kappa shape index (κ3) is 8.39. The number of aliphatic carboxylic acids is 1.